The first-order valence-electron chi connectivity index (χ1n) is 8.75. The van der Waals surface area contributed by atoms with Gasteiger partial charge in [-0.15, -0.1) is 0 Å². The van der Waals surface area contributed by atoms with Crippen molar-refractivity contribution in [1.82, 2.24) is 14.8 Å². The SMILES string of the molecule is CS(=O)(=O)N1CC[C@H](n2cccn2)c2cc(NC(=O)c3cccnc3)ccc21. The molecule has 28 heavy (non-hydrogen) atoms. The zero-order chi connectivity index (χ0) is 19.7. The average Bonchev–Trinajstić information content (AvgIpc) is 3.21. The van der Waals surface area contributed by atoms with Crippen LogP contribution in [0.25, 0.3) is 0 Å². The molecule has 3 aromatic rings. The molecule has 0 saturated heterocycles. The molecule has 1 aliphatic heterocycles. The molecule has 1 aromatic carbocycles. The molecule has 9 heteroatoms. The second-order valence-corrected chi connectivity index (χ2v) is 8.50. The van der Waals surface area contributed by atoms with E-state index in [-0.39, 0.29) is 11.9 Å². The fourth-order valence-corrected chi connectivity index (χ4v) is 4.39. The third-order valence-electron chi connectivity index (χ3n) is 4.69. The van der Waals surface area contributed by atoms with Crippen LogP contribution in [-0.4, -0.2) is 41.9 Å². The van der Waals surface area contributed by atoms with Crippen molar-refractivity contribution >= 4 is 27.3 Å². The molecular weight excluding hydrogens is 378 g/mol. The lowest BCUT2D eigenvalue weighted by Crippen LogP contribution is -2.37. The molecule has 144 valence electrons. The predicted octanol–water partition coefficient (Wildman–Crippen LogP) is 2.29. The Hall–Kier alpha value is -3.20. The van der Waals surface area contributed by atoms with Crippen LogP contribution in [0, 0.1) is 0 Å². The summed E-state index contributed by atoms with van der Waals surface area (Å²) in [6, 6.07) is 10.3. The van der Waals surface area contributed by atoms with Gasteiger partial charge in [0.15, 0.2) is 0 Å². The number of nitrogens with one attached hydrogen (secondary N) is 1. The van der Waals surface area contributed by atoms with Gasteiger partial charge in [-0.2, -0.15) is 5.10 Å². The van der Waals surface area contributed by atoms with Gasteiger partial charge in [0, 0.05) is 42.6 Å². The van der Waals surface area contributed by atoms with E-state index >= 15 is 0 Å². The fourth-order valence-electron chi connectivity index (χ4n) is 3.43. The summed E-state index contributed by atoms with van der Waals surface area (Å²) >= 11 is 0. The van der Waals surface area contributed by atoms with Gasteiger partial charge in [-0.1, -0.05) is 0 Å². The van der Waals surface area contributed by atoms with Crippen molar-refractivity contribution in [3.8, 4) is 0 Å². The van der Waals surface area contributed by atoms with E-state index in [1.807, 2.05) is 23.0 Å². The van der Waals surface area contributed by atoms with E-state index in [0.29, 0.717) is 29.9 Å². The minimum Gasteiger partial charge on any atom is -0.322 e. The molecule has 2 aromatic heterocycles. The normalized spacial score (nSPS) is 16.5. The van der Waals surface area contributed by atoms with E-state index in [1.165, 1.54) is 16.8 Å². The maximum Gasteiger partial charge on any atom is 0.257 e. The molecule has 0 unspecified atom stereocenters. The number of rotatable bonds is 4. The van der Waals surface area contributed by atoms with E-state index in [2.05, 4.69) is 15.4 Å². The van der Waals surface area contributed by atoms with Crippen LogP contribution in [0.4, 0.5) is 11.4 Å². The van der Waals surface area contributed by atoms with Crippen LogP contribution >= 0.6 is 0 Å². The molecule has 1 aliphatic rings. The molecule has 1 atom stereocenters. The topological polar surface area (TPSA) is 97.2 Å². The number of carbonyl (C=O) groups excluding carboxylic acids is 1. The minimum absolute atomic E-state index is 0.113. The number of sulfonamides is 1. The predicted molar refractivity (Wildman–Crippen MR) is 106 cm³/mol. The highest BCUT2D eigenvalue weighted by Gasteiger charge is 2.31. The molecule has 1 amide bonds. The van der Waals surface area contributed by atoms with E-state index < -0.39 is 10.0 Å². The number of carbonyl (C=O) groups is 1. The van der Waals surface area contributed by atoms with Crippen molar-refractivity contribution < 1.29 is 13.2 Å². The number of pyridine rings is 1. The van der Waals surface area contributed by atoms with Gasteiger partial charge in [-0.3, -0.25) is 18.8 Å². The molecule has 0 spiro atoms. The Bertz CT molecular complexity index is 1100. The quantitative estimate of drug-likeness (QED) is 0.728. The number of hydrogen-bond acceptors (Lipinski definition) is 5. The summed E-state index contributed by atoms with van der Waals surface area (Å²) in [6.45, 7) is 0.373. The Balaban J connectivity index is 1.72. The smallest absolute Gasteiger partial charge is 0.257 e. The molecular formula is C19H19N5O3S. The highest BCUT2D eigenvalue weighted by molar-refractivity contribution is 7.92. The lowest BCUT2D eigenvalue weighted by molar-refractivity contribution is 0.102. The second-order valence-electron chi connectivity index (χ2n) is 6.60. The van der Waals surface area contributed by atoms with Gasteiger partial charge in [-0.25, -0.2) is 8.42 Å². The summed E-state index contributed by atoms with van der Waals surface area (Å²) in [7, 11) is -3.40. The highest BCUT2D eigenvalue weighted by atomic mass is 32.2. The van der Waals surface area contributed by atoms with Crippen molar-refractivity contribution in [2.45, 2.75) is 12.5 Å². The maximum absolute atomic E-state index is 12.4. The number of fused-ring (bicyclic) bond motifs is 1. The number of anilines is 2. The molecule has 0 bridgehead atoms. The van der Waals surface area contributed by atoms with Crippen LogP contribution in [0.2, 0.25) is 0 Å². The van der Waals surface area contributed by atoms with Gasteiger partial charge >= 0.3 is 0 Å². The number of amides is 1. The summed E-state index contributed by atoms with van der Waals surface area (Å²) in [4.78, 5) is 16.4. The molecule has 1 N–H and O–H groups in total. The molecule has 8 nitrogen and oxygen atoms in total. The Labute approximate surface area is 162 Å². The summed E-state index contributed by atoms with van der Waals surface area (Å²) in [6.07, 6.45) is 8.42. The second kappa shape index (κ2) is 7.08. The van der Waals surface area contributed by atoms with Crippen LogP contribution in [0.5, 0.6) is 0 Å². The van der Waals surface area contributed by atoms with Crippen LogP contribution < -0.4 is 9.62 Å². The Morgan fingerprint density at radius 1 is 1.21 bits per heavy atom. The van der Waals surface area contributed by atoms with E-state index in [9.17, 15) is 13.2 Å². The van der Waals surface area contributed by atoms with E-state index in [0.717, 1.165) is 5.56 Å². The molecule has 0 radical (unpaired) electrons. The van der Waals surface area contributed by atoms with Crippen molar-refractivity contribution in [2.24, 2.45) is 0 Å². The summed E-state index contributed by atoms with van der Waals surface area (Å²) in [5.41, 5.74) is 2.43. The standard InChI is InChI=1S/C19H19N5O3S/c1-28(26,27)24-11-7-17(23-10-3-9-21-23)16-12-15(5-6-18(16)24)22-19(25)14-4-2-8-20-13-14/h2-6,8-10,12-13,17H,7,11H2,1H3,(H,22,25)/t17-/m0/s1. The zero-order valence-electron chi connectivity index (χ0n) is 15.2. The van der Waals surface area contributed by atoms with E-state index in [1.54, 1.807) is 36.7 Å². The maximum atomic E-state index is 12.4. The summed E-state index contributed by atoms with van der Waals surface area (Å²) < 4.78 is 27.6. The minimum atomic E-state index is -3.40. The summed E-state index contributed by atoms with van der Waals surface area (Å²) in [5.74, 6) is -0.278. The largest absolute Gasteiger partial charge is 0.322 e. The van der Waals surface area contributed by atoms with Crippen LogP contribution in [0.3, 0.4) is 0 Å². The van der Waals surface area contributed by atoms with Gasteiger partial charge in [0.25, 0.3) is 5.91 Å². The Morgan fingerprint density at radius 3 is 2.75 bits per heavy atom. The van der Waals surface area contributed by atoms with Gasteiger partial charge in [0.05, 0.1) is 23.5 Å². The lowest BCUT2D eigenvalue weighted by atomic mass is 9.97. The fraction of sp³-hybridized carbons (Fsp3) is 0.211. The molecule has 4 rings (SSSR count). The third kappa shape index (κ3) is 3.48. The number of nitrogens with zero attached hydrogens (tertiary/aromatic N) is 4. The monoisotopic (exact) mass is 397 g/mol. The van der Waals surface area contributed by atoms with Crippen molar-refractivity contribution in [3.05, 3.63) is 72.3 Å². The number of benzene rings is 1. The Kier molecular flexibility index (Phi) is 4.60. The first-order chi connectivity index (χ1) is 13.4. The van der Waals surface area contributed by atoms with Crippen LogP contribution in [0.1, 0.15) is 28.4 Å². The molecule has 3 heterocycles. The van der Waals surface area contributed by atoms with Gasteiger partial charge in [0.2, 0.25) is 10.0 Å². The van der Waals surface area contributed by atoms with E-state index in [4.69, 9.17) is 0 Å². The van der Waals surface area contributed by atoms with Crippen molar-refractivity contribution in [1.29, 1.82) is 0 Å². The lowest BCUT2D eigenvalue weighted by Gasteiger charge is -2.34. The molecule has 0 fully saturated rings. The number of hydrogen-bond donors (Lipinski definition) is 1. The number of aromatic nitrogens is 3. The first kappa shape index (κ1) is 18.2. The van der Waals surface area contributed by atoms with Gasteiger partial charge in [-0.05, 0) is 42.8 Å². The van der Waals surface area contributed by atoms with Crippen molar-refractivity contribution in [2.75, 3.05) is 22.4 Å². The third-order valence-corrected chi connectivity index (χ3v) is 5.87. The molecule has 0 saturated carbocycles. The molecule has 0 aliphatic carbocycles. The average molecular weight is 397 g/mol. The van der Waals surface area contributed by atoms with Crippen LogP contribution in [-0.2, 0) is 10.0 Å². The highest BCUT2D eigenvalue weighted by Crippen LogP contribution is 2.38. The van der Waals surface area contributed by atoms with Crippen molar-refractivity contribution in [3.63, 3.8) is 0 Å². The van der Waals surface area contributed by atoms with Gasteiger partial charge < -0.3 is 5.32 Å². The van der Waals surface area contributed by atoms with Gasteiger partial charge in [0.1, 0.15) is 0 Å². The zero-order valence-corrected chi connectivity index (χ0v) is 16.0. The Morgan fingerprint density at radius 2 is 2.07 bits per heavy atom. The first-order valence-corrected chi connectivity index (χ1v) is 10.6. The summed E-state index contributed by atoms with van der Waals surface area (Å²) in [5, 5.41) is 7.17. The van der Waals surface area contributed by atoms with Crippen LogP contribution in [0.15, 0.2) is 61.2 Å².